The second-order valence-corrected chi connectivity index (χ2v) is 6.48. The number of carbonyl (C=O) groups excluding carboxylic acids is 1. The Balaban J connectivity index is 2.40. The van der Waals surface area contributed by atoms with Crippen molar-refractivity contribution in [3.63, 3.8) is 0 Å². The van der Waals surface area contributed by atoms with Crippen molar-refractivity contribution in [3.8, 4) is 0 Å². The summed E-state index contributed by atoms with van der Waals surface area (Å²) < 4.78 is 0. The zero-order chi connectivity index (χ0) is 14.3. The summed E-state index contributed by atoms with van der Waals surface area (Å²) in [4.78, 5) is 12.3. The van der Waals surface area contributed by atoms with Crippen LogP contribution in [0.1, 0.15) is 72.1 Å². The van der Waals surface area contributed by atoms with Gasteiger partial charge in [-0.1, -0.05) is 52.9 Å². The van der Waals surface area contributed by atoms with E-state index in [0.717, 1.165) is 32.2 Å². The van der Waals surface area contributed by atoms with Crippen molar-refractivity contribution in [1.82, 2.24) is 5.32 Å². The van der Waals surface area contributed by atoms with Gasteiger partial charge in [-0.15, -0.1) is 0 Å². The fraction of sp³-hybridized carbons (Fsp3) is 0.938. The zero-order valence-corrected chi connectivity index (χ0v) is 13.0. The van der Waals surface area contributed by atoms with Gasteiger partial charge in [0.2, 0.25) is 5.91 Å². The Morgan fingerprint density at radius 1 is 1.47 bits per heavy atom. The molecular formula is C16H32N2O. The van der Waals surface area contributed by atoms with Gasteiger partial charge in [0.1, 0.15) is 0 Å². The average Bonchev–Trinajstić information content (AvgIpc) is 2.38. The molecule has 19 heavy (non-hydrogen) atoms. The van der Waals surface area contributed by atoms with E-state index in [1.54, 1.807) is 0 Å². The standard InChI is InChI=1S/C16H32N2O/c1-4-6-9-14(5-2)12-18-15(19)16(17)10-7-8-13(3)11-16/h13-14H,4-12,17H2,1-3H3,(H,18,19). The van der Waals surface area contributed by atoms with Crippen molar-refractivity contribution in [2.24, 2.45) is 17.6 Å². The fourth-order valence-electron chi connectivity index (χ4n) is 3.15. The summed E-state index contributed by atoms with van der Waals surface area (Å²) in [7, 11) is 0. The highest BCUT2D eigenvalue weighted by atomic mass is 16.2. The molecule has 0 aromatic carbocycles. The molecule has 0 aromatic rings. The van der Waals surface area contributed by atoms with Crippen LogP contribution in [0, 0.1) is 11.8 Å². The molecule has 3 heteroatoms. The average molecular weight is 268 g/mol. The van der Waals surface area contributed by atoms with Crippen LogP contribution in [-0.2, 0) is 4.79 Å². The topological polar surface area (TPSA) is 55.1 Å². The fourth-order valence-corrected chi connectivity index (χ4v) is 3.15. The molecule has 1 amide bonds. The van der Waals surface area contributed by atoms with Crippen molar-refractivity contribution in [2.45, 2.75) is 77.7 Å². The highest BCUT2D eigenvalue weighted by Gasteiger charge is 2.37. The minimum atomic E-state index is -0.610. The van der Waals surface area contributed by atoms with Crippen molar-refractivity contribution in [1.29, 1.82) is 0 Å². The smallest absolute Gasteiger partial charge is 0.240 e. The molecule has 1 rings (SSSR count). The van der Waals surface area contributed by atoms with Gasteiger partial charge in [-0.25, -0.2) is 0 Å². The SMILES string of the molecule is CCCCC(CC)CNC(=O)C1(N)CCCC(C)C1. The van der Waals surface area contributed by atoms with E-state index in [-0.39, 0.29) is 5.91 Å². The molecule has 0 bridgehead atoms. The summed E-state index contributed by atoms with van der Waals surface area (Å²) in [6, 6.07) is 0. The normalized spacial score (nSPS) is 28.9. The Hall–Kier alpha value is -0.570. The maximum absolute atomic E-state index is 12.3. The van der Waals surface area contributed by atoms with E-state index in [9.17, 15) is 4.79 Å². The van der Waals surface area contributed by atoms with Crippen LogP contribution in [0.25, 0.3) is 0 Å². The molecule has 1 saturated carbocycles. The molecule has 0 saturated heterocycles. The first-order chi connectivity index (χ1) is 9.01. The van der Waals surface area contributed by atoms with Crippen LogP contribution < -0.4 is 11.1 Å². The van der Waals surface area contributed by atoms with Crippen LogP contribution in [0.2, 0.25) is 0 Å². The maximum Gasteiger partial charge on any atom is 0.240 e. The summed E-state index contributed by atoms with van der Waals surface area (Å²) in [6.45, 7) is 7.41. The molecule has 0 spiro atoms. The monoisotopic (exact) mass is 268 g/mol. The first kappa shape index (κ1) is 16.5. The molecule has 0 aliphatic heterocycles. The molecule has 3 unspecified atom stereocenters. The van der Waals surface area contributed by atoms with Crippen LogP contribution in [0.3, 0.4) is 0 Å². The summed E-state index contributed by atoms with van der Waals surface area (Å²) in [5.41, 5.74) is 5.70. The number of nitrogens with one attached hydrogen (secondary N) is 1. The molecule has 112 valence electrons. The van der Waals surface area contributed by atoms with Crippen molar-refractivity contribution < 1.29 is 4.79 Å². The molecule has 1 aliphatic carbocycles. The van der Waals surface area contributed by atoms with Crippen LogP contribution in [-0.4, -0.2) is 18.0 Å². The lowest BCUT2D eigenvalue weighted by Crippen LogP contribution is -2.56. The Kier molecular flexibility index (Phi) is 6.84. The van der Waals surface area contributed by atoms with E-state index >= 15 is 0 Å². The number of nitrogens with two attached hydrogens (primary N) is 1. The molecule has 3 nitrogen and oxygen atoms in total. The minimum Gasteiger partial charge on any atom is -0.354 e. The van der Waals surface area contributed by atoms with Gasteiger partial charge in [0, 0.05) is 6.54 Å². The summed E-state index contributed by atoms with van der Waals surface area (Å²) >= 11 is 0. The van der Waals surface area contributed by atoms with E-state index in [1.165, 1.54) is 25.7 Å². The van der Waals surface area contributed by atoms with E-state index in [0.29, 0.717) is 11.8 Å². The predicted octanol–water partition coefficient (Wildman–Crippen LogP) is 3.23. The number of hydrogen-bond acceptors (Lipinski definition) is 2. The van der Waals surface area contributed by atoms with Gasteiger partial charge in [0.15, 0.2) is 0 Å². The van der Waals surface area contributed by atoms with Crippen LogP contribution in [0.4, 0.5) is 0 Å². The van der Waals surface area contributed by atoms with E-state index < -0.39 is 5.54 Å². The molecular weight excluding hydrogens is 236 g/mol. The number of carbonyl (C=O) groups is 1. The van der Waals surface area contributed by atoms with Crippen LogP contribution in [0.5, 0.6) is 0 Å². The highest BCUT2D eigenvalue weighted by Crippen LogP contribution is 2.30. The number of hydrogen-bond donors (Lipinski definition) is 2. The first-order valence-corrected chi connectivity index (χ1v) is 8.09. The lowest BCUT2D eigenvalue weighted by molar-refractivity contribution is -0.128. The Labute approximate surface area is 118 Å². The molecule has 3 N–H and O–H groups in total. The van der Waals surface area contributed by atoms with E-state index in [4.69, 9.17) is 5.73 Å². The second-order valence-electron chi connectivity index (χ2n) is 6.48. The van der Waals surface area contributed by atoms with Crippen molar-refractivity contribution in [2.75, 3.05) is 6.54 Å². The van der Waals surface area contributed by atoms with Crippen LogP contribution >= 0.6 is 0 Å². The molecule has 0 radical (unpaired) electrons. The third kappa shape index (κ3) is 5.13. The highest BCUT2D eigenvalue weighted by molar-refractivity contribution is 5.86. The van der Waals surface area contributed by atoms with E-state index in [1.807, 2.05) is 0 Å². The Bertz CT molecular complexity index is 280. The third-order valence-electron chi connectivity index (χ3n) is 4.58. The molecule has 1 aliphatic rings. The van der Waals surface area contributed by atoms with Gasteiger partial charge in [-0.05, 0) is 31.1 Å². The van der Waals surface area contributed by atoms with Gasteiger partial charge in [0.25, 0.3) is 0 Å². The second kappa shape index (κ2) is 7.88. The zero-order valence-electron chi connectivity index (χ0n) is 13.0. The predicted molar refractivity (Wildman–Crippen MR) is 80.9 cm³/mol. The van der Waals surface area contributed by atoms with Gasteiger partial charge >= 0.3 is 0 Å². The molecule has 0 heterocycles. The third-order valence-corrected chi connectivity index (χ3v) is 4.58. The summed E-state index contributed by atoms with van der Waals surface area (Å²) in [5, 5.41) is 3.11. The number of amides is 1. The van der Waals surface area contributed by atoms with Gasteiger partial charge in [-0.2, -0.15) is 0 Å². The molecule has 0 aromatic heterocycles. The minimum absolute atomic E-state index is 0.0778. The van der Waals surface area contributed by atoms with E-state index in [2.05, 4.69) is 26.1 Å². The number of unbranched alkanes of at least 4 members (excludes halogenated alkanes) is 1. The largest absolute Gasteiger partial charge is 0.354 e. The molecule has 3 atom stereocenters. The van der Waals surface area contributed by atoms with Gasteiger partial charge in [0.05, 0.1) is 5.54 Å². The quantitative estimate of drug-likeness (QED) is 0.745. The van der Waals surface area contributed by atoms with Crippen molar-refractivity contribution >= 4 is 5.91 Å². The van der Waals surface area contributed by atoms with Gasteiger partial charge < -0.3 is 11.1 Å². The Morgan fingerprint density at radius 3 is 2.79 bits per heavy atom. The lowest BCUT2D eigenvalue weighted by Gasteiger charge is -2.35. The summed E-state index contributed by atoms with van der Waals surface area (Å²) in [6.07, 6.45) is 8.79. The Morgan fingerprint density at radius 2 is 2.21 bits per heavy atom. The molecule has 1 fully saturated rings. The van der Waals surface area contributed by atoms with Gasteiger partial charge in [-0.3, -0.25) is 4.79 Å². The summed E-state index contributed by atoms with van der Waals surface area (Å²) in [5.74, 6) is 1.26. The lowest BCUT2D eigenvalue weighted by atomic mass is 9.76. The van der Waals surface area contributed by atoms with Crippen LogP contribution in [0.15, 0.2) is 0 Å². The first-order valence-electron chi connectivity index (χ1n) is 8.09. The van der Waals surface area contributed by atoms with Crippen molar-refractivity contribution in [3.05, 3.63) is 0 Å². The maximum atomic E-state index is 12.3. The number of rotatable bonds is 7.